The molecule has 7 heteroatoms. The molecule has 3 heterocycles. The molecule has 4 rings (SSSR count). The highest BCUT2D eigenvalue weighted by atomic mass is 16.2. The molecule has 2 fully saturated rings. The molecule has 2 aromatic rings. The number of hydrogen-bond acceptors (Lipinski definition) is 5. The van der Waals surface area contributed by atoms with E-state index in [0.717, 1.165) is 31.0 Å². The lowest BCUT2D eigenvalue weighted by molar-refractivity contribution is -0.133. The second-order valence-corrected chi connectivity index (χ2v) is 6.74. The number of likely N-dealkylation sites (N-methyl/N-ethyl adjacent to an activating group) is 1. The zero-order valence-electron chi connectivity index (χ0n) is 13.4. The van der Waals surface area contributed by atoms with E-state index in [0.29, 0.717) is 17.9 Å². The van der Waals surface area contributed by atoms with Gasteiger partial charge in [-0.05, 0) is 30.9 Å². The van der Waals surface area contributed by atoms with Crippen LogP contribution in [0.15, 0.2) is 18.5 Å². The molecule has 1 aliphatic carbocycles. The molecule has 0 N–H and O–H groups in total. The van der Waals surface area contributed by atoms with Gasteiger partial charge >= 0.3 is 0 Å². The van der Waals surface area contributed by atoms with Crippen molar-refractivity contribution >= 4 is 17.4 Å². The molecular weight excluding hydrogens is 292 g/mol. The van der Waals surface area contributed by atoms with Crippen LogP contribution in [0.2, 0.25) is 0 Å². The van der Waals surface area contributed by atoms with Crippen molar-refractivity contribution in [2.45, 2.75) is 38.1 Å². The van der Waals surface area contributed by atoms with E-state index >= 15 is 0 Å². The number of carbonyl (C=O) groups excluding carboxylic acids is 1. The van der Waals surface area contributed by atoms with Gasteiger partial charge in [0.15, 0.2) is 5.65 Å². The van der Waals surface area contributed by atoms with E-state index in [4.69, 9.17) is 0 Å². The van der Waals surface area contributed by atoms with E-state index in [1.54, 1.807) is 10.8 Å². The Morgan fingerprint density at radius 1 is 1.30 bits per heavy atom. The molecule has 23 heavy (non-hydrogen) atoms. The summed E-state index contributed by atoms with van der Waals surface area (Å²) < 4.78 is 1.68. The Bertz CT molecular complexity index is 701. The van der Waals surface area contributed by atoms with Crippen LogP contribution < -0.4 is 4.90 Å². The maximum Gasteiger partial charge on any atom is 0.222 e. The summed E-state index contributed by atoms with van der Waals surface area (Å²) in [5.74, 6) is 1.81. The van der Waals surface area contributed by atoms with Crippen molar-refractivity contribution in [2.24, 2.45) is 5.92 Å². The summed E-state index contributed by atoms with van der Waals surface area (Å²) in [5.41, 5.74) is 0.745. The first-order valence-electron chi connectivity index (χ1n) is 8.38. The Labute approximate surface area is 135 Å². The maximum absolute atomic E-state index is 12.4. The third-order valence-electron chi connectivity index (χ3n) is 5.21. The van der Waals surface area contributed by atoms with Crippen LogP contribution in [-0.4, -0.2) is 56.8 Å². The summed E-state index contributed by atoms with van der Waals surface area (Å²) >= 11 is 0. The second-order valence-electron chi connectivity index (χ2n) is 6.74. The Kier molecular flexibility index (Phi) is 3.63. The molecule has 7 nitrogen and oxygen atoms in total. The minimum absolute atomic E-state index is 0.294. The number of fused-ring (bicyclic) bond motifs is 1. The number of amides is 1. The normalized spacial score (nSPS) is 19.3. The van der Waals surface area contributed by atoms with Crippen LogP contribution in [0.5, 0.6) is 0 Å². The van der Waals surface area contributed by atoms with Crippen LogP contribution in [0.3, 0.4) is 0 Å². The maximum atomic E-state index is 12.4. The number of hydrogen-bond donors (Lipinski definition) is 0. The van der Waals surface area contributed by atoms with Crippen LogP contribution in [0, 0.1) is 5.92 Å². The molecule has 2 aliphatic rings. The van der Waals surface area contributed by atoms with Crippen LogP contribution in [0.1, 0.15) is 32.1 Å². The molecule has 0 bridgehead atoms. The Morgan fingerprint density at radius 3 is 2.87 bits per heavy atom. The van der Waals surface area contributed by atoms with Gasteiger partial charge in [-0.25, -0.2) is 0 Å². The number of carbonyl (C=O) groups is 1. The minimum atomic E-state index is 0.294. The van der Waals surface area contributed by atoms with Crippen molar-refractivity contribution in [3.63, 3.8) is 0 Å². The Morgan fingerprint density at radius 2 is 2.09 bits per heavy atom. The van der Waals surface area contributed by atoms with Gasteiger partial charge in [0.05, 0.1) is 6.04 Å². The van der Waals surface area contributed by atoms with Crippen LogP contribution in [-0.2, 0) is 4.79 Å². The van der Waals surface area contributed by atoms with E-state index in [2.05, 4.69) is 20.2 Å². The van der Waals surface area contributed by atoms with Crippen LogP contribution >= 0.6 is 0 Å². The zero-order valence-corrected chi connectivity index (χ0v) is 13.4. The first-order valence-corrected chi connectivity index (χ1v) is 8.38. The number of nitrogens with zero attached hydrogens (tertiary/aromatic N) is 6. The zero-order chi connectivity index (χ0) is 15.8. The smallest absolute Gasteiger partial charge is 0.222 e. The first-order chi connectivity index (χ1) is 11.2. The lowest BCUT2D eigenvalue weighted by atomic mass is 10.0. The van der Waals surface area contributed by atoms with E-state index in [1.165, 1.54) is 25.7 Å². The fourth-order valence-electron chi connectivity index (χ4n) is 3.58. The van der Waals surface area contributed by atoms with Gasteiger partial charge in [0.25, 0.3) is 0 Å². The highest BCUT2D eigenvalue weighted by Gasteiger charge is 2.34. The van der Waals surface area contributed by atoms with Crippen molar-refractivity contribution in [1.82, 2.24) is 24.7 Å². The van der Waals surface area contributed by atoms with Gasteiger partial charge in [-0.15, -0.1) is 15.3 Å². The molecule has 2 aromatic heterocycles. The average Bonchev–Trinajstić information content (AvgIpc) is 3.16. The summed E-state index contributed by atoms with van der Waals surface area (Å²) in [5, 5.41) is 12.3. The van der Waals surface area contributed by atoms with Gasteiger partial charge in [-0.2, -0.15) is 4.52 Å². The van der Waals surface area contributed by atoms with Gasteiger partial charge in [0, 0.05) is 26.6 Å². The quantitative estimate of drug-likeness (QED) is 0.852. The average molecular weight is 314 g/mol. The third-order valence-corrected chi connectivity index (χ3v) is 5.21. The summed E-state index contributed by atoms with van der Waals surface area (Å²) in [6.07, 6.45) is 7.34. The van der Waals surface area contributed by atoms with Gasteiger partial charge in [-0.1, -0.05) is 12.8 Å². The lowest BCUT2D eigenvalue weighted by Gasteiger charge is -2.44. The molecule has 1 aliphatic heterocycles. The summed E-state index contributed by atoms with van der Waals surface area (Å²) in [6.45, 7) is 1.68. The predicted molar refractivity (Wildman–Crippen MR) is 86.1 cm³/mol. The van der Waals surface area contributed by atoms with E-state index < -0.39 is 0 Å². The van der Waals surface area contributed by atoms with E-state index in [1.807, 2.05) is 24.1 Å². The molecule has 0 atom stereocenters. The van der Waals surface area contributed by atoms with Gasteiger partial charge in [-0.3, -0.25) is 4.79 Å². The summed E-state index contributed by atoms with van der Waals surface area (Å²) in [6, 6.07) is 4.17. The first kappa shape index (κ1) is 14.4. The molecule has 0 unspecified atom stereocenters. The molecule has 0 spiro atoms. The molecule has 1 saturated heterocycles. The van der Waals surface area contributed by atoms with Crippen molar-refractivity contribution in [2.75, 3.05) is 25.0 Å². The van der Waals surface area contributed by atoms with Gasteiger partial charge < -0.3 is 9.80 Å². The van der Waals surface area contributed by atoms with Gasteiger partial charge in [0.2, 0.25) is 5.91 Å². The Balaban J connectivity index is 1.33. The van der Waals surface area contributed by atoms with E-state index in [-0.39, 0.29) is 0 Å². The SMILES string of the molecule is CN(C(=O)CC1CCCC1)C1CN(c2ccc3nncn3n2)C1. The molecule has 0 aromatic carbocycles. The fourth-order valence-corrected chi connectivity index (χ4v) is 3.58. The largest absolute Gasteiger partial charge is 0.351 e. The summed E-state index contributed by atoms with van der Waals surface area (Å²) in [7, 11) is 1.94. The highest BCUT2D eigenvalue weighted by Crippen LogP contribution is 2.29. The molecular formula is C16H22N6O. The van der Waals surface area contributed by atoms with Crippen molar-refractivity contribution in [3.8, 4) is 0 Å². The topological polar surface area (TPSA) is 66.6 Å². The standard InChI is InChI=1S/C16H22N6O/c1-20(16(23)8-12-4-2-3-5-12)13-9-21(10-13)15-7-6-14-18-17-11-22(14)19-15/h6-7,11-13H,2-5,8-10H2,1H3. The minimum Gasteiger partial charge on any atom is -0.351 e. The predicted octanol–water partition coefficient (Wildman–Crippen LogP) is 1.35. The van der Waals surface area contributed by atoms with E-state index in [9.17, 15) is 4.79 Å². The fraction of sp³-hybridized carbons (Fsp3) is 0.625. The summed E-state index contributed by atoms with van der Waals surface area (Å²) in [4.78, 5) is 16.5. The lowest BCUT2D eigenvalue weighted by Crippen LogP contribution is -2.60. The molecule has 122 valence electrons. The van der Waals surface area contributed by atoms with Crippen molar-refractivity contribution < 1.29 is 4.79 Å². The second kappa shape index (κ2) is 5.79. The van der Waals surface area contributed by atoms with Gasteiger partial charge in [0.1, 0.15) is 12.1 Å². The number of rotatable bonds is 4. The van der Waals surface area contributed by atoms with Crippen LogP contribution in [0.4, 0.5) is 5.82 Å². The molecule has 1 amide bonds. The number of aromatic nitrogens is 4. The number of anilines is 1. The van der Waals surface area contributed by atoms with Crippen LogP contribution in [0.25, 0.3) is 5.65 Å². The monoisotopic (exact) mass is 314 g/mol. The Hall–Kier alpha value is -2.18. The third kappa shape index (κ3) is 2.75. The molecule has 0 radical (unpaired) electrons. The highest BCUT2D eigenvalue weighted by molar-refractivity contribution is 5.77. The van der Waals surface area contributed by atoms with Crippen molar-refractivity contribution in [1.29, 1.82) is 0 Å². The van der Waals surface area contributed by atoms with Crippen molar-refractivity contribution in [3.05, 3.63) is 18.5 Å². The molecule has 1 saturated carbocycles.